The Labute approximate surface area is 155 Å². The molecule has 3 aromatic rings. The lowest BCUT2D eigenvalue weighted by atomic mass is 10.1. The van der Waals surface area contributed by atoms with Gasteiger partial charge in [-0.3, -0.25) is 4.72 Å². The number of sulfonamides is 1. The van der Waals surface area contributed by atoms with Crippen molar-refractivity contribution in [2.45, 2.75) is 4.90 Å². The van der Waals surface area contributed by atoms with Gasteiger partial charge in [-0.1, -0.05) is 12.1 Å². The summed E-state index contributed by atoms with van der Waals surface area (Å²) in [5, 5.41) is 2.00. The van der Waals surface area contributed by atoms with Crippen molar-refractivity contribution in [3.63, 3.8) is 0 Å². The van der Waals surface area contributed by atoms with Crippen molar-refractivity contribution in [3.05, 3.63) is 47.8 Å². The predicted molar refractivity (Wildman–Crippen MR) is 102 cm³/mol. The third kappa shape index (κ3) is 3.73. The van der Waals surface area contributed by atoms with E-state index < -0.39 is 10.0 Å². The molecule has 0 spiro atoms. The quantitative estimate of drug-likeness (QED) is 0.626. The Hall–Kier alpha value is -2.78. The molecule has 0 atom stereocenters. The number of anilines is 2. The fourth-order valence-corrected chi connectivity index (χ4v) is 4.47. The lowest BCUT2D eigenvalue weighted by Crippen LogP contribution is -2.14. The van der Waals surface area contributed by atoms with E-state index in [0.717, 1.165) is 5.56 Å². The summed E-state index contributed by atoms with van der Waals surface area (Å²) in [6, 6.07) is 11.8. The first-order valence-corrected chi connectivity index (χ1v) is 9.85. The molecule has 1 aromatic heterocycles. The maximum Gasteiger partial charge on any atom is 0.267 e. The minimum absolute atomic E-state index is 0.0277. The van der Waals surface area contributed by atoms with Crippen LogP contribution in [0.3, 0.4) is 0 Å². The Morgan fingerprint density at radius 2 is 1.92 bits per heavy atom. The molecule has 3 N–H and O–H groups in total. The van der Waals surface area contributed by atoms with Crippen LogP contribution in [0.25, 0.3) is 11.3 Å². The zero-order valence-corrected chi connectivity index (χ0v) is 15.7. The van der Waals surface area contributed by atoms with E-state index in [1.54, 1.807) is 23.6 Å². The molecule has 9 heteroatoms. The fourth-order valence-electron chi connectivity index (χ4n) is 2.32. The number of nitrogens with two attached hydrogens (primary N) is 1. The Bertz CT molecular complexity index is 1030. The highest BCUT2D eigenvalue weighted by Gasteiger charge is 2.22. The topological polar surface area (TPSA) is 104 Å². The highest BCUT2D eigenvalue weighted by atomic mass is 32.2. The predicted octanol–water partition coefficient (Wildman–Crippen LogP) is 3.21. The molecule has 0 unspecified atom stereocenters. The summed E-state index contributed by atoms with van der Waals surface area (Å²) < 4.78 is 38.2. The van der Waals surface area contributed by atoms with E-state index in [1.807, 2.05) is 12.1 Å². The summed E-state index contributed by atoms with van der Waals surface area (Å²) in [5.74, 6) is 0.622. The third-order valence-electron chi connectivity index (χ3n) is 3.57. The van der Waals surface area contributed by atoms with Gasteiger partial charge in [0, 0.05) is 22.7 Å². The second-order valence-corrected chi connectivity index (χ2v) is 7.79. The fraction of sp³-hybridized carbons (Fsp3) is 0.118. The second kappa shape index (κ2) is 7.22. The monoisotopic (exact) mass is 391 g/mol. The van der Waals surface area contributed by atoms with Crippen LogP contribution in [0.4, 0.5) is 10.8 Å². The van der Waals surface area contributed by atoms with Gasteiger partial charge in [0.2, 0.25) is 0 Å². The van der Waals surface area contributed by atoms with E-state index in [-0.39, 0.29) is 15.8 Å². The molecule has 0 aliphatic rings. The van der Waals surface area contributed by atoms with Gasteiger partial charge in [0.1, 0.15) is 16.4 Å². The first-order chi connectivity index (χ1) is 12.4. The molecule has 0 saturated carbocycles. The zero-order chi connectivity index (χ0) is 18.7. The molecule has 0 radical (unpaired) electrons. The SMILES string of the molecule is COc1ccc(OC)c(S(=O)(=O)Nc2nc(-c3cccc(N)c3)cs2)c1. The number of nitrogens with zero attached hydrogens (tertiary/aromatic N) is 1. The van der Waals surface area contributed by atoms with Crippen LogP contribution in [-0.4, -0.2) is 27.6 Å². The maximum absolute atomic E-state index is 12.7. The molecule has 0 amide bonds. The van der Waals surface area contributed by atoms with E-state index in [0.29, 0.717) is 17.1 Å². The molecule has 2 aromatic carbocycles. The van der Waals surface area contributed by atoms with Crippen LogP contribution < -0.4 is 19.9 Å². The summed E-state index contributed by atoms with van der Waals surface area (Å²) in [6.07, 6.45) is 0. The smallest absolute Gasteiger partial charge is 0.267 e. The number of thiazole rings is 1. The van der Waals surface area contributed by atoms with Gasteiger partial charge >= 0.3 is 0 Å². The molecule has 7 nitrogen and oxygen atoms in total. The number of hydrogen-bond acceptors (Lipinski definition) is 7. The van der Waals surface area contributed by atoms with Gasteiger partial charge in [0.25, 0.3) is 10.0 Å². The van der Waals surface area contributed by atoms with Crippen molar-refractivity contribution in [2.24, 2.45) is 0 Å². The first-order valence-electron chi connectivity index (χ1n) is 7.49. The number of nitrogens with one attached hydrogen (secondary N) is 1. The van der Waals surface area contributed by atoms with Gasteiger partial charge in [0.05, 0.1) is 19.9 Å². The normalized spacial score (nSPS) is 11.2. The Kier molecular flexibility index (Phi) is 5.01. The van der Waals surface area contributed by atoms with E-state index in [1.165, 1.54) is 37.7 Å². The Morgan fingerprint density at radius 3 is 2.62 bits per heavy atom. The van der Waals surface area contributed by atoms with Gasteiger partial charge in [-0.05, 0) is 24.3 Å². The number of nitrogen functional groups attached to an aromatic ring is 1. The third-order valence-corrected chi connectivity index (χ3v) is 5.82. The summed E-state index contributed by atoms with van der Waals surface area (Å²) in [5.41, 5.74) is 7.84. The maximum atomic E-state index is 12.7. The highest BCUT2D eigenvalue weighted by molar-refractivity contribution is 7.93. The lowest BCUT2D eigenvalue weighted by Gasteiger charge is -2.11. The van der Waals surface area contributed by atoms with E-state index in [2.05, 4.69) is 9.71 Å². The van der Waals surface area contributed by atoms with Crippen molar-refractivity contribution in [2.75, 3.05) is 24.7 Å². The molecule has 26 heavy (non-hydrogen) atoms. The summed E-state index contributed by atoms with van der Waals surface area (Å²) in [7, 11) is -1.03. The molecule has 0 bridgehead atoms. The van der Waals surface area contributed by atoms with Crippen LogP contribution in [0.5, 0.6) is 11.5 Å². The van der Waals surface area contributed by atoms with E-state index >= 15 is 0 Å². The van der Waals surface area contributed by atoms with Crippen LogP contribution in [0.2, 0.25) is 0 Å². The molecule has 1 heterocycles. The summed E-state index contributed by atoms with van der Waals surface area (Å²) in [6.45, 7) is 0. The largest absolute Gasteiger partial charge is 0.497 e. The number of benzene rings is 2. The molecule has 0 saturated heterocycles. The number of aromatic nitrogens is 1. The van der Waals surface area contributed by atoms with Gasteiger partial charge in [-0.15, -0.1) is 11.3 Å². The number of rotatable bonds is 6. The zero-order valence-electron chi connectivity index (χ0n) is 14.1. The van der Waals surface area contributed by atoms with Crippen LogP contribution in [0, 0.1) is 0 Å². The van der Waals surface area contributed by atoms with Crippen LogP contribution in [-0.2, 0) is 10.0 Å². The summed E-state index contributed by atoms with van der Waals surface area (Å²) >= 11 is 1.18. The minimum atomic E-state index is -3.90. The van der Waals surface area contributed by atoms with Crippen LogP contribution in [0.1, 0.15) is 0 Å². The molecular formula is C17H17N3O4S2. The van der Waals surface area contributed by atoms with Crippen molar-refractivity contribution < 1.29 is 17.9 Å². The Morgan fingerprint density at radius 1 is 1.12 bits per heavy atom. The van der Waals surface area contributed by atoms with Gasteiger partial charge in [0.15, 0.2) is 5.13 Å². The van der Waals surface area contributed by atoms with Crippen LogP contribution >= 0.6 is 11.3 Å². The first kappa shape index (κ1) is 18.0. The van der Waals surface area contributed by atoms with Crippen molar-refractivity contribution >= 4 is 32.2 Å². The second-order valence-electron chi connectivity index (χ2n) is 5.29. The molecular weight excluding hydrogens is 374 g/mol. The average molecular weight is 391 g/mol. The van der Waals surface area contributed by atoms with Crippen molar-refractivity contribution in [1.29, 1.82) is 0 Å². The lowest BCUT2D eigenvalue weighted by molar-refractivity contribution is 0.392. The molecule has 0 fully saturated rings. The van der Waals surface area contributed by atoms with Crippen molar-refractivity contribution in [1.82, 2.24) is 4.98 Å². The van der Waals surface area contributed by atoms with Crippen LogP contribution in [0.15, 0.2) is 52.7 Å². The summed E-state index contributed by atoms with van der Waals surface area (Å²) in [4.78, 5) is 4.30. The van der Waals surface area contributed by atoms with Gasteiger partial charge in [-0.2, -0.15) is 0 Å². The molecule has 136 valence electrons. The highest BCUT2D eigenvalue weighted by Crippen LogP contribution is 2.32. The van der Waals surface area contributed by atoms with Gasteiger partial charge < -0.3 is 15.2 Å². The van der Waals surface area contributed by atoms with E-state index in [4.69, 9.17) is 15.2 Å². The standard InChI is InChI=1S/C17H17N3O4S2/c1-23-13-6-7-15(24-2)16(9-13)26(21,22)20-17-19-14(10-25-17)11-4-3-5-12(18)8-11/h3-10H,18H2,1-2H3,(H,19,20). The number of ether oxygens (including phenoxy) is 2. The molecule has 0 aliphatic heterocycles. The molecule has 3 rings (SSSR count). The minimum Gasteiger partial charge on any atom is -0.497 e. The number of methoxy groups -OCH3 is 2. The van der Waals surface area contributed by atoms with Gasteiger partial charge in [-0.25, -0.2) is 13.4 Å². The average Bonchev–Trinajstić information content (AvgIpc) is 3.09. The Balaban J connectivity index is 1.91. The number of hydrogen-bond donors (Lipinski definition) is 2. The molecule has 0 aliphatic carbocycles. The van der Waals surface area contributed by atoms with E-state index in [9.17, 15) is 8.42 Å². The van der Waals surface area contributed by atoms with Crippen molar-refractivity contribution in [3.8, 4) is 22.8 Å².